The monoisotopic (exact) mass is 824 g/mol. The number of aryl methyl sites for hydroxylation is 1. The zero-order chi connectivity index (χ0) is 42.8. The van der Waals surface area contributed by atoms with Crippen molar-refractivity contribution in [1.29, 1.82) is 0 Å². The predicted octanol–water partition coefficient (Wildman–Crippen LogP) is 14.4. The van der Waals surface area contributed by atoms with Crippen LogP contribution in [0.4, 0.5) is 28.4 Å². The maximum atomic E-state index is 5.07. The first-order valence-electron chi connectivity index (χ1n) is 21.8. The first kappa shape index (κ1) is 38.6. The van der Waals surface area contributed by atoms with Gasteiger partial charge in [-0.3, -0.25) is 0 Å². The summed E-state index contributed by atoms with van der Waals surface area (Å²) >= 11 is 0. The van der Waals surface area contributed by atoms with Crippen molar-refractivity contribution in [3.63, 3.8) is 0 Å². The van der Waals surface area contributed by atoms with Crippen molar-refractivity contribution >= 4 is 45.4 Å². The van der Waals surface area contributed by atoms with Crippen LogP contribution in [0, 0.1) is 6.92 Å². The minimum Gasteiger partial charge on any atom is -0.334 e. The van der Waals surface area contributed by atoms with Crippen LogP contribution in [0.25, 0.3) is 56.8 Å². The van der Waals surface area contributed by atoms with Gasteiger partial charge in [0.2, 0.25) is 0 Å². The van der Waals surface area contributed by atoms with Crippen molar-refractivity contribution in [2.24, 2.45) is 0 Å². The summed E-state index contributed by atoms with van der Waals surface area (Å²) in [6.07, 6.45) is 5.52. The fourth-order valence-corrected chi connectivity index (χ4v) is 9.10. The van der Waals surface area contributed by atoms with Gasteiger partial charge in [-0.2, -0.15) is 0 Å². The van der Waals surface area contributed by atoms with E-state index >= 15 is 0 Å². The number of hydrogen-bond acceptors (Lipinski definition) is 5. The van der Waals surface area contributed by atoms with Crippen LogP contribution in [0.15, 0.2) is 224 Å². The molecule has 0 aliphatic heterocycles. The number of nitrogens with zero attached hydrogens (tertiary/aromatic N) is 6. The number of rotatable bonds is 10. The SMILES string of the molecule is Cc1cc(-n2c3c(c4cc(N(c5ccccc5)c5ccccc5)ccc42)CC(N(c2ccccc2)c2ccccc2)C=C3)ccc1-c1nc(-c2ccccc2)nc(-c2ccccc2)n1. The maximum Gasteiger partial charge on any atom is 0.164 e. The topological polar surface area (TPSA) is 50.1 Å². The Morgan fingerprint density at radius 2 is 0.953 bits per heavy atom. The average Bonchev–Trinajstić information content (AvgIpc) is 3.69. The van der Waals surface area contributed by atoms with Crippen LogP contribution in [-0.2, 0) is 6.42 Å². The van der Waals surface area contributed by atoms with Crippen LogP contribution < -0.4 is 9.80 Å². The fourth-order valence-electron chi connectivity index (χ4n) is 9.10. The zero-order valence-electron chi connectivity index (χ0n) is 35.4. The molecule has 1 aliphatic carbocycles. The third-order valence-corrected chi connectivity index (χ3v) is 12.1. The first-order chi connectivity index (χ1) is 31.7. The molecule has 306 valence electrons. The average molecular weight is 825 g/mol. The van der Waals surface area contributed by atoms with Gasteiger partial charge in [-0.1, -0.05) is 140 Å². The van der Waals surface area contributed by atoms with E-state index in [4.69, 9.17) is 15.0 Å². The van der Waals surface area contributed by atoms with Gasteiger partial charge < -0.3 is 14.4 Å². The van der Waals surface area contributed by atoms with Gasteiger partial charge in [0.15, 0.2) is 17.5 Å². The van der Waals surface area contributed by atoms with Gasteiger partial charge in [0.1, 0.15) is 0 Å². The lowest BCUT2D eigenvalue weighted by Crippen LogP contribution is -2.32. The number of para-hydroxylation sites is 4. The van der Waals surface area contributed by atoms with E-state index in [2.05, 4.69) is 191 Å². The lowest BCUT2D eigenvalue weighted by molar-refractivity contribution is 0.766. The highest BCUT2D eigenvalue weighted by Crippen LogP contribution is 2.42. The van der Waals surface area contributed by atoms with E-state index < -0.39 is 0 Å². The highest BCUT2D eigenvalue weighted by Gasteiger charge is 2.29. The molecule has 0 N–H and O–H groups in total. The Kier molecular flexibility index (Phi) is 10.1. The van der Waals surface area contributed by atoms with Crippen molar-refractivity contribution in [2.75, 3.05) is 9.80 Å². The smallest absolute Gasteiger partial charge is 0.164 e. The van der Waals surface area contributed by atoms with E-state index in [1.807, 2.05) is 60.7 Å². The third-order valence-electron chi connectivity index (χ3n) is 12.1. The highest BCUT2D eigenvalue weighted by molar-refractivity contribution is 5.95. The van der Waals surface area contributed by atoms with Crippen LogP contribution in [0.1, 0.15) is 16.8 Å². The molecule has 2 heterocycles. The number of anilines is 5. The molecule has 0 radical (unpaired) electrons. The number of benzene rings is 8. The van der Waals surface area contributed by atoms with Gasteiger partial charge in [-0.15, -0.1) is 0 Å². The van der Waals surface area contributed by atoms with E-state index in [1.54, 1.807) is 0 Å². The van der Waals surface area contributed by atoms with Crippen LogP contribution in [0.5, 0.6) is 0 Å². The normalized spacial score (nSPS) is 13.1. The molecule has 8 aromatic carbocycles. The van der Waals surface area contributed by atoms with Gasteiger partial charge in [0.25, 0.3) is 0 Å². The van der Waals surface area contributed by atoms with Crippen molar-refractivity contribution < 1.29 is 0 Å². The number of fused-ring (bicyclic) bond motifs is 3. The zero-order valence-corrected chi connectivity index (χ0v) is 35.4. The minimum atomic E-state index is 0.0740. The fraction of sp³-hybridized carbons (Fsp3) is 0.0517. The summed E-state index contributed by atoms with van der Waals surface area (Å²) in [5.41, 5.74) is 14.3. The Bertz CT molecular complexity index is 3110. The highest BCUT2D eigenvalue weighted by atomic mass is 15.2. The summed E-state index contributed by atoms with van der Waals surface area (Å²) in [5.74, 6) is 1.94. The molecule has 64 heavy (non-hydrogen) atoms. The molecular formula is C58H44N6. The Hall–Kier alpha value is -8.35. The molecule has 6 nitrogen and oxygen atoms in total. The molecular weight excluding hydrogens is 781 g/mol. The summed E-state index contributed by atoms with van der Waals surface area (Å²) in [7, 11) is 0. The lowest BCUT2D eigenvalue weighted by atomic mass is 9.94. The van der Waals surface area contributed by atoms with E-state index in [1.165, 1.54) is 16.6 Å². The van der Waals surface area contributed by atoms with Gasteiger partial charge >= 0.3 is 0 Å². The third kappa shape index (κ3) is 7.31. The molecule has 11 rings (SSSR count). The Balaban J connectivity index is 1.07. The maximum absolute atomic E-state index is 5.07. The summed E-state index contributed by atoms with van der Waals surface area (Å²) in [6.45, 7) is 2.16. The van der Waals surface area contributed by atoms with Crippen molar-refractivity contribution in [2.45, 2.75) is 19.4 Å². The van der Waals surface area contributed by atoms with E-state index in [9.17, 15) is 0 Å². The molecule has 2 aromatic heterocycles. The van der Waals surface area contributed by atoms with Crippen molar-refractivity contribution in [3.8, 4) is 39.9 Å². The number of aromatic nitrogens is 4. The summed E-state index contributed by atoms with van der Waals surface area (Å²) in [4.78, 5) is 19.9. The van der Waals surface area contributed by atoms with Crippen molar-refractivity contribution in [3.05, 3.63) is 241 Å². The molecule has 1 atom stereocenters. The lowest BCUT2D eigenvalue weighted by Gasteiger charge is -2.34. The van der Waals surface area contributed by atoms with Gasteiger partial charge in [-0.05, 0) is 115 Å². The number of hydrogen-bond donors (Lipinski definition) is 0. The van der Waals surface area contributed by atoms with E-state index in [0.29, 0.717) is 17.5 Å². The van der Waals surface area contributed by atoms with Crippen molar-refractivity contribution in [1.82, 2.24) is 19.5 Å². The van der Waals surface area contributed by atoms with Gasteiger partial charge in [0, 0.05) is 61.9 Å². The molecule has 0 saturated carbocycles. The van der Waals surface area contributed by atoms with Gasteiger partial charge in [-0.25, -0.2) is 15.0 Å². The molecule has 10 aromatic rings. The van der Waals surface area contributed by atoms with Crippen LogP contribution in [0.2, 0.25) is 0 Å². The summed E-state index contributed by atoms with van der Waals surface area (Å²) in [5, 5.41) is 1.22. The van der Waals surface area contributed by atoms with Gasteiger partial charge in [0.05, 0.1) is 11.6 Å². The second-order valence-corrected chi connectivity index (χ2v) is 16.1. The first-order valence-corrected chi connectivity index (χ1v) is 21.8. The predicted molar refractivity (Wildman–Crippen MR) is 264 cm³/mol. The Morgan fingerprint density at radius 3 is 1.47 bits per heavy atom. The minimum absolute atomic E-state index is 0.0740. The standard InChI is InChI=1S/C58H44N6/c1-41-38-48(32-35-51(41)58-60-56(42-20-8-2-9-21-42)59-57(61-58)43-22-10-3-11-23-43)64-54-36-33-49(62(44-24-12-4-13-25-44)45-26-14-5-15-27-45)39-52(54)53-40-50(34-37-55(53)64)63(46-28-16-6-17-29-46)47-30-18-7-19-31-47/h2-39,50H,40H2,1H3. The van der Waals surface area contributed by atoms with Crippen LogP contribution in [-0.4, -0.2) is 25.6 Å². The molecule has 0 fully saturated rings. The molecule has 0 saturated heterocycles. The molecule has 1 unspecified atom stereocenters. The molecule has 0 spiro atoms. The Labute approximate surface area is 373 Å². The molecule has 0 bridgehead atoms. The van der Waals surface area contributed by atoms with Crippen LogP contribution in [0.3, 0.4) is 0 Å². The molecule has 1 aliphatic rings. The largest absolute Gasteiger partial charge is 0.334 e. The molecule has 6 heteroatoms. The molecule has 0 amide bonds. The second-order valence-electron chi connectivity index (χ2n) is 16.1. The Morgan fingerprint density at radius 1 is 0.469 bits per heavy atom. The van der Waals surface area contributed by atoms with Crippen LogP contribution >= 0.6 is 0 Å². The van der Waals surface area contributed by atoms with E-state index in [0.717, 1.165) is 68.3 Å². The quantitative estimate of drug-likeness (QED) is 0.137. The summed E-state index contributed by atoms with van der Waals surface area (Å²) < 4.78 is 2.43. The summed E-state index contributed by atoms with van der Waals surface area (Å²) in [6, 6.07) is 76.7. The second kappa shape index (κ2) is 16.8. The van der Waals surface area contributed by atoms with E-state index in [-0.39, 0.29) is 6.04 Å².